The van der Waals surface area contributed by atoms with E-state index in [2.05, 4.69) is 101 Å². The van der Waals surface area contributed by atoms with Gasteiger partial charge in [-0.1, -0.05) is 134 Å². The summed E-state index contributed by atoms with van der Waals surface area (Å²) in [6, 6.07) is 10.5. The first-order valence-electron chi connectivity index (χ1n) is 19.6. The van der Waals surface area contributed by atoms with Crippen LogP contribution in [0.25, 0.3) is 0 Å². The lowest BCUT2D eigenvalue weighted by Crippen LogP contribution is -2.18. The number of hydrogen-bond donors (Lipinski definition) is 10. The molecule has 1 aromatic rings. The summed E-state index contributed by atoms with van der Waals surface area (Å²) in [5, 5.41) is 8.06. The molecule has 0 bridgehead atoms. The summed E-state index contributed by atoms with van der Waals surface area (Å²) in [6.07, 6.45) is 2.28. The van der Waals surface area contributed by atoms with Crippen LogP contribution in [0, 0.1) is 5.92 Å². The molecule has 0 spiro atoms. The topological polar surface area (TPSA) is 436 Å². The molecule has 1 rings (SSSR count). The molecule has 0 aliphatic rings. The molecule has 0 aliphatic carbocycles. The third-order valence-corrected chi connectivity index (χ3v) is 2.64. The van der Waals surface area contributed by atoms with Gasteiger partial charge in [-0.15, -0.1) is 0 Å². The zero-order valence-corrected chi connectivity index (χ0v) is 47.7. The molecule has 0 radical (unpaired) electrons. The number of carbonyl (C=O) groups excluding carboxylic acids is 8. The van der Waals surface area contributed by atoms with Gasteiger partial charge in [-0.2, -0.15) is 0 Å². The van der Waals surface area contributed by atoms with Crippen LogP contribution in [-0.4, -0.2) is 113 Å². The molecule has 19 heteroatoms. The summed E-state index contributed by atoms with van der Waals surface area (Å²) in [5.41, 5.74) is 24.0. The van der Waals surface area contributed by atoms with E-state index in [1.807, 2.05) is 137 Å². The van der Waals surface area contributed by atoms with Crippen LogP contribution >= 0.6 is 0 Å². The number of carbonyl (C=O) groups is 8. The number of hydrogen-bond acceptors (Lipinski definition) is 19. The Morgan fingerprint density at radius 3 is 0.641 bits per heavy atom. The first-order chi connectivity index (χ1) is 29.0. The van der Waals surface area contributed by atoms with Crippen molar-refractivity contribution >= 4 is 54.3 Å². The second kappa shape index (κ2) is 493. The summed E-state index contributed by atoms with van der Waals surface area (Å²) in [7, 11) is 7.50. The van der Waals surface area contributed by atoms with E-state index in [4.69, 9.17) is 48.2 Å². The van der Waals surface area contributed by atoms with E-state index in [0.29, 0.717) is 0 Å². The minimum absolute atomic E-state index is 0. The molecular weight excluding hydrogens is 827 g/mol. The van der Waals surface area contributed by atoms with Crippen LogP contribution in [0.15, 0.2) is 30.3 Å². The van der Waals surface area contributed by atoms with Crippen molar-refractivity contribution in [1.29, 1.82) is 0 Å². The fourth-order valence-corrected chi connectivity index (χ4v) is 1.15. The Hall–Kier alpha value is -3.86. The van der Waals surface area contributed by atoms with Crippen LogP contribution in [0.5, 0.6) is 0 Å². The van der Waals surface area contributed by atoms with Crippen molar-refractivity contribution in [2.24, 2.45) is 34.6 Å². The van der Waals surface area contributed by atoms with E-state index >= 15 is 0 Å². The van der Waals surface area contributed by atoms with E-state index in [9.17, 15) is 0 Å². The van der Waals surface area contributed by atoms with Crippen LogP contribution in [0.1, 0.15) is 150 Å². The molecule has 23 N–H and O–H groups in total. The van der Waals surface area contributed by atoms with Crippen LogP contribution < -0.4 is 53.3 Å². The number of nitrogens with two attached hydrogens (primary N) is 5. The van der Waals surface area contributed by atoms with E-state index in [1.165, 1.54) is 47.2 Å². The van der Waals surface area contributed by atoms with Gasteiger partial charge in [0.15, 0.2) is 0 Å². The molecule has 0 atom stereocenters. The highest BCUT2D eigenvalue weighted by atomic mass is 16.5. The van der Waals surface area contributed by atoms with Crippen LogP contribution in [0.4, 0.5) is 0 Å². The standard InChI is InChI=1S/C8H10.C6H14O.C5H12.C3H8O.5C2H6.5CH5N.8CH2O.4H3N/c1-2-8-6-4-3-5-7-8;1-5-7-6(2,3)4;1-4-5(2)3;1-3(2)4;18*1-2;;;;/h3-7H,2H2,1H3;5H2,1-4H3;5H,4H2,1-3H3;3-4H,1-2H3;5*1-2H3;5*2H2,1H3;8*1H2;4*1H3. The summed E-state index contributed by atoms with van der Waals surface area (Å²) >= 11 is 0. The summed E-state index contributed by atoms with van der Waals surface area (Å²) in [4.78, 5) is 64.0. The molecule has 0 amide bonds. The highest BCUT2D eigenvalue weighted by Gasteiger charge is 2.06. The fraction of sp³-hybridized carbons (Fsp3) is 0.689. The van der Waals surface area contributed by atoms with Crippen molar-refractivity contribution in [1.82, 2.24) is 24.6 Å². The van der Waals surface area contributed by atoms with Gasteiger partial charge in [0.25, 0.3) is 0 Å². The van der Waals surface area contributed by atoms with Crippen molar-refractivity contribution in [3.8, 4) is 0 Å². The monoisotopic (exact) mass is 954 g/mol. The van der Waals surface area contributed by atoms with Gasteiger partial charge in [0.05, 0.1) is 5.60 Å². The first kappa shape index (κ1) is 170. The molecule has 19 nitrogen and oxygen atoms in total. The zero-order valence-electron chi connectivity index (χ0n) is 47.7. The summed E-state index contributed by atoms with van der Waals surface area (Å²) < 4.78 is 5.23. The van der Waals surface area contributed by atoms with Gasteiger partial charge in [-0.3, -0.25) is 0 Å². The first-order valence-corrected chi connectivity index (χ1v) is 19.6. The number of ether oxygens (including phenoxy) is 1. The molecule has 64 heavy (non-hydrogen) atoms. The molecule has 0 aliphatic heterocycles. The Morgan fingerprint density at radius 1 is 0.453 bits per heavy atom. The largest absolute Gasteiger partial charge is 0.394 e. The van der Waals surface area contributed by atoms with Crippen molar-refractivity contribution < 1.29 is 48.2 Å². The molecule has 0 heterocycles. The molecule has 0 aromatic heterocycles. The van der Waals surface area contributed by atoms with Crippen LogP contribution in [0.3, 0.4) is 0 Å². The maximum absolute atomic E-state index is 8.06. The Kier molecular flexibility index (Phi) is 1310. The quantitative estimate of drug-likeness (QED) is 0.135. The predicted octanol–water partition coefficient (Wildman–Crippen LogP) is 8.68. The van der Waals surface area contributed by atoms with Crippen LogP contribution in [0.2, 0.25) is 0 Å². The predicted molar refractivity (Wildman–Crippen MR) is 294 cm³/mol. The molecule has 0 saturated carbocycles. The summed E-state index contributed by atoms with van der Waals surface area (Å²) in [5.74, 6) is 0.884. The highest BCUT2D eigenvalue weighted by molar-refractivity contribution is 5.14. The van der Waals surface area contributed by atoms with Gasteiger partial charge >= 0.3 is 0 Å². The van der Waals surface area contributed by atoms with Gasteiger partial charge in [0, 0.05) is 12.7 Å². The molecule has 1 aromatic carbocycles. The SMILES string of the molecule is C=O.C=O.C=O.C=O.C=O.C=O.C=O.C=O.CC.CC.CC.CC.CC.CC(C)O.CCC(C)C.CCOC(C)(C)C.CCc1ccccc1.CN.CN.CN.CN.CN.N.N.N.N. The lowest BCUT2D eigenvalue weighted by atomic mass is 10.2. The smallest absolute Gasteiger partial charge is 0.106 e. The fourth-order valence-electron chi connectivity index (χ4n) is 1.15. The molecule has 0 saturated heterocycles. The van der Waals surface area contributed by atoms with Gasteiger partial charge in [-0.25, -0.2) is 0 Å². The Morgan fingerprint density at radius 2 is 0.594 bits per heavy atom. The Balaban J connectivity index is -0.0000000111. The minimum Gasteiger partial charge on any atom is -0.394 e. The van der Waals surface area contributed by atoms with Gasteiger partial charge < -0.3 is 101 Å². The second-order valence-corrected chi connectivity index (χ2v) is 7.28. The maximum Gasteiger partial charge on any atom is 0.106 e. The lowest BCUT2D eigenvalue weighted by Gasteiger charge is -2.17. The minimum atomic E-state index is -0.167. The average molecular weight is 955 g/mol. The van der Waals surface area contributed by atoms with Gasteiger partial charge in [0.1, 0.15) is 54.3 Å². The van der Waals surface area contributed by atoms with Crippen molar-refractivity contribution in [3.05, 3.63) is 35.9 Å². The van der Waals surface area contributed by atoms with E-state index in [1.54, 1.807) is 13.8 Å². The van der Waals surface area contributed by atoms with Crippen LogP contribution in [-0.2, 0) is 49.5 Å². The third kappa shape index (κ3) is 1290. The molecule has 412 valence electrons. The maximum atomic E-state index is 8.06. The number of benzene rings is 1. The van der Waals surface area contributed by atoms with Gasteiger partial charge in [0.2, 0.25) is 0 Å². The highest BCUT2D eigenvalue weighted by Crippen LogP contribution is 2.04. The molecule has 0 unspecified atom stereocenters. The Labute approximate surface area is 401 Å². The number of rotatable bonds is 3. The third-order valence-electron chi connectivity index (χ3n) is 2.64. The average Bonchev–Trinajstić information content (AvgIpc) is 3.38. The zero-order chi connectivity index (χ0) is 55.6. The number of aliphatic hydroxyl groups is 1. The van der Waals surface area contributed by atoms with E-state index < -0.39 is 0 Å². The van der Waals surface area contributed by atoms with Gasteiger partial charge in [-0.05, 0) is 94.7 Å². The van der Waals surface area contributed by atoms with Crippen molar-refractivity contribution in [2.75, 3.05) is 41.8 Å². The summed E-state index contributed by atoms with van der Waals surface area (Å²) in [6.45, 7) is 57.2. The van der Waals surface area contributed by atoms with Crippen molar-refractivity contribution in [3.63, 3.8) is 0 Å². The second-order valence-electron chi connectivity index (χ2n) is 7.28. The molecule has 0 fully saturated rings. The molecular formula is C45H127N9O10. The number of aliphatic hydroxyl groups excluding tert-OH is 1. The van der Waals surface area contributed by atoms with E-state index in [-0.39, 0.29) is 36.3 Å². The normalized spacial score (nSPS) is 5.20. The number of aryl methyl sites for hydroxylation is 1. The van der Waals surface area contributed by atoms with Crippen molar-refractivity contribution in [2.45, 2.75) is 163 Å². The van der Waals surface area contributed by atoms with E-state index in [0.717, 1.165) is 18.9 Å². The Bertz CT molecular complexity index is 469. The lowest BCUT2D eigenvalue weighted by molar-refractivity contribution is -0.0987.